The third kappa shape index (κ3) is 6.00. The Balaban J connectivity index is 2.00. The van der Waals surface area contributed by atoms with Crippen LogP contribution in [0, 0.1) is 5.82 Å². The lowest BCUT2D eigenvalue weighted by atomic mass is 9.98. The summed E-state index contributed by atoms with van der Waals surface area (Å²) >= 11 is 0. The number of nitrogens with zero attached hydrogens (tertiary/aromatic N) is 2. The van der Waals surface area contributed by atoms with Crippen molar-refractivity contribution in [1.82, 2.24) is 9.88 Å². The Bertz CT molecular complexity index is 917. The second kappa shape index (κ2) is 9.53. The molecule has 0 amide bonds. The van der Waals surface area contributed by atoms with Crippen molar-refractivity contribution in [3.63, 3.8) is 0 Å². The van der Waals surface area contributed by atoms with Crippen LogP contribution in [0.3, 0.4) is 0 Å². The molecular weight excluding hydrogens is 397 g/mol. The molecule has 1 aromatic heterocycles. The maximum atomic E-state index is 13.5. The standard InChI is InChI=1S/C23H30FN3O2Si/c1-30(2,3)16-21(17-6-8-19(24)9-7-17)20-14-18(23(28)29)15-26-22(20)25-10-13-27-11-4-5-12-27/h6-9,14-16H,4-5,10-13H2,1-3H3,(H,25,26)(H,28,29)/b21-16+. The van der Waals surface area contributed by atoms with E-state index in [-0.39, 0.29) is 11.4 Å². The molecule has 0 unspecified atom stereocenters. The minimum absolute atomic E-state index is 0.138. The molecule has 0 aliphatic carbocycles. The summed E-state index contributed by atoms with van der Waals surface area (Å²) < 4.78 is 13.5. The lowest BCUT2D eigenvalue weighted by molar-refractivity contribution is 0.0696. The number of nitrogens with one attached hydrogen (secondary N) is 1. The van der Waals surface area contributed by atoms with Gasteiger partial charge in [0.15, 0.2) is 0 Å². The molecule has 30 heavy (non-hydrogen) atoms. The van der Waals surface area contributed by atoms with E-state index in [0.29, 0.717) is 5.82 Å². The molecule has 3 rings (SSSR count). The van der Waals surface area contributed by atoms with Crippen molar-refractivity contribution in [3.8, 4) is 0 Å². The molecule has 1 saturated heterocycles. The number of benzene rings is 1. The van der Waals surface area contributed by atoms with Crippen LogP contribution in [0.5, 0.6) is 0 Å². The third-order valence-corrected chi connectivity index (χ3v) is 6.23. The fourth-order valence-corrected chi connectivity index (χ4v) is 4.83. The van der Waals surface area contributed by atoms with Crippen molar-refractivity contribution < 1.29 is 14.3 Å². The average Bonchev–Trinajstić information content (AvgIpc) is 3.20. The van der Waals surface area contributed by atoms with Crippen molar-refractivity contribution in [2.75, 3.05) is 31.5 Å². The molecule has 0 atom stereocenters. The van der Waals surface area contributed by atoms with Gasteiger partial charge in [0.1, 0.15) is 11.6 Å². The van der Waals surface area contributed by atoms with Crippen molar-refractivity contribution in [3.05, 3.63) is 64.7 Å². The molecule has 0 saturated carbocycles. The van der Waals surface area contributed by atoms with Gasteiger partial charge in [0.2, 0.25) is 0 Å². The van der Waals surface area contributed by atoms with E-state index in [1.807, 2.05) is 0 Å². The number of rotatable bonds is 8. The third-order valence-electron chi connectivity index (χ3n) is 5.08. The summed E-state index contributed by atoms with van der Waals surface area (Å²) in [5.74, 6) is -0.653. The Hall–Kier alpha value is -2.51. The molecule has 1 aliphatic rings. The van der Waals surface area contributed by atoms with Crippen molar-refractivity contribution in [2.45, 2.75) is 32.5 Å². The molecule has 1 fully saturated rings. The predicted octanol–water partition coefficient (Wildman–Crippen LogP) is 4.74. The number of pyridine rings is 1. The molecule has 1 aromatic carbocycles. The average molecular weight is 428 g/mol. The van der Waals surface area contributed by atoms with Gasteiger partial charge in [-0.15, -0.1) is 0 Å². The minimum Gasteiger partial charge on any atom is -0.478 e. The highest BCUT2D eigenvalue weighted by Crippen LogP contribution is 2.31. The van der Waals surface area contributed by atoms with Crippen LogP contribution in [-0.4, -0.2) is 55.2 Å². The Kier molecular flexibility index (Phi) is 7.05. The van der Waals surface area contributed by atoms with E-state index in [1.54, 1.807) is 18.2 Å². The van der Waals surface area contributed by atoms with Crippen LogP contribution < -0.4 is 5.32 Å². The van der Waals surface area contributed by atoms with Crippen LogP contribution >= 0.6 is 0 Å². The summed E-state index contributed by atoms with van der Waals surface area (Å²) in [6, 6.07) is 8.01. The Morgan fingerprint density at radius 3 is 2.47 bits per heavy atom. The second-order valence-corrected chi connectivity index (χ2v) is 13.9. The molecule has 5 nitrogen and oxygen atoms in total. The largest absolute Gasteiger partial charge is 0.478 e. The molecule has 7 heteroatoms. The van der Waals surface area contributed by atoms with Gasteiger partial charge < -0.3 is 15.3 Å². The molecule has 2 heterocycles. The summed E-state index contributed by atoms with van der Waals surface area (Å²) in [4.78, 5) is 18.5. The Morgan fingerprint density at radius 1 is 1.20 bits per heavy atom. The van der Waals surface area contributed by atoms with E-state index in [1.165, 1.54) is 31.2 Å². The number of aromatic nitrogens is 1. The topological polar surface area (TPSA) is 65.5 Å². The Labute approximate surface area is 178 Å². The lowest BCUT2D eigenvalue weighted by Crippen LogP contribution is -2.26. The monoisotopic (exact) mass is 427 g/mol. The summed E-state index contributed by atoms with van der Waals surface area (Å²) in [7, 11) is -1.69. The smallest absolute Gasteiger partial charge is 0.337 e. The Morgan fingerprint density at radius 2 is 1.87 bits per heavy atom. The van der Waals surface area contributed by atoms with Crippen LogP contribution in [0.25, 0.3) is 5.57 Å². The highest BCUT2D eigenvalue weighted by molar-refractivity contribution is 6.81. The van der Waals surface area contributed by atoms with Crippen LogP contribution in [-0.2, 0) is 0 Å². The summed E-state index contributed by atoms with van der Waals surface area (Å²) in [6.07, 6.45) is 3.87. The van der Waals surface area contributed by atoms with Gasteiger partial charge in [0, 0.05) is 24.8 Å². The van der Waals surface area contributed by atoms with Crippen LogP contribution in [0.4, 0.5) is 10.2 Å². The summed E-state index contributed by atoms with van der Waals surface area (Å²) in [5.41, 5.74) is 4.84. The first-order chi connectivity index (χ1) is 14.2. The first-order valence-electron chi connectivity index (χ1n) is 10.4. The fourth-order valence-electron chi connectivity index (χ4n) is 3.65. The van der Waals surface area contributed by atoms with Crippen molar-refractivity contribution >= 4 is 25.4 Å². The molecule has 2 N–H and O–H groups in total. The number of halogens is 1. The zero-order chi connectivity index (χ0) is 21.7. The minimum atomic E-state index is -1.69. The van der Waals surface area contributed by atoms with Gasteiger partial charge in [-0.2, -0.15) is 0 Å². The van der Waals surface area contributed by atoms with E-state index in [2.05, 4.69) is 40.5 Å². The maximum Gasteiger partial charge on any atom is 0.337 e. The highest BCUT2D eigenvalue weighted by Gasteiger charge is 2.19. The molecular formula is C23H30FN3O2Si. The zero-order valence-electron chi connectivity index (χ0n) is 17.9. The summed E-state index contributed by atoms with van der Waals surface area (Å²) in [5, 5.41) is 12.9. The number of carbonyl (C=O) groups is 1. The van der Waals surface area contributed by atoms with Crippen molar-refractivity contribution in [2.24, 2.45) is 0 Å². The van der Waals surface area contributed by atoms with Gasteiger partial charge in [-0.05, 0) is 55.3 Å². The normalized spacial score (nSPS) is 15.4. The highest BCUT2D eigenvalue weighted by atomic mass is 28.3. The first-order valence-corrected chi connectivity index (χ1v) is 14.0. The number of aromatic carboxylic acids is 1. The van der Waals surface area contributed by atoms with Gasteiger partial charge in [-0.3, -0.25) is 0 Å². The molecule has 1 aliphatic heterocycles. The van der Waals surface area contributed by atoms with Gasteiger partial charge in [0.05, 0.1) is 13.6 Å². The first kappa shape index (κ1) is 22.2. The maximum absolute atomic E-state index is 13.5. The van der Waals surface area contributed by atoms with E-state index in [4.69, 9.17) is 0 Å². The predicted molar refractivity (Wildman–Crippen MR) is 122 cm³/mol. The molecule has 160 valence electrons. The van der Waals surface area contributed by atoms with Gasteiger partial charge in [-0.1, -0.05) is 37.5 Å². The summed E-state index contributed by atoms with van der Waals surface area (Å²) in [6.45, 7) is 10.5. The number of hydrogen-bond acceptors (Lipinski definition) is 4. The quantitative estimate of drug-likeness (QED) is 0.596. The zero-order valence-corrected chi connectivity index (χ0v) is 18.9. The van der Waals surface area contributed by atoms with Gasteiger partial charge in [-0.25, -0.2) is 14.2 Å². The van der Waals surface area contributed by atoms with Crippen LogP contribution in [0.1, 0.15) is 34.3 Å². The SMILES string of the molecule is C[Si](C)(C)/C=C(\c1ccc(F)cc1)c1cc(C(=O)O)cnc1NCCN1CCCC1. The number of hydrogen-bond donors (Lipinski definition) is 2. The van der Waals surface area contributed by atoms with E-state index in [9.17, 15) is 14.3 Å². The molecule has 0 spiro atoms. The van der Waals surface area contributed by atoms with Crippen LogP contribution in [0.15, 0.2) is 42.2 Å². The number of anilines is 1. The van der Waals surface area contributed by atoms with Crippen molar-refractivity contribution in [1.29, 1.82) is 0 Å². The van der Waals surface area contributed by atoms with Gasteiger partial charge in [0.25, 0.3) is 0 Å². The molecule has 0 radical (unpaired) electrons. The van der Waals surface area contributed by atoms with E-state index < -0.39 is 14.0 Å². The van der Waals surface area contributed by atoms with E-state index >= 15 is 0 Å². The lowest BCUT2D eigenvalue weighted by Gasteiger charge is -2.20. The number of carboxylic acid groups (broad SMARTS) is 1. The molecule has 0 bridgehead atoms. The number of carboxylic acids is 1. The van der Waals surface area contributed by atoms with Gasteiger partial charge >= 0.3 is 5.97 Å². The molecule has 2 aromatic rings. The number of likely N-dealkylation sites (tertiary alicyclic amines) is 1. The van der Waals surface area contributed by atoms with Crippen LogP contribution in [0.2, 0.25) is 19.6 Å². The fraction of sp³-hybridized carbons (Fsp3) is 0.391. The van der Waals surface area contributed by atoms with E-state index in [0.717, 1.165) is 42.9 Å². The second-order valence-electron chi connectivity index (χ2n) is 8.83.